The van der Waals surface area contributed by atoms with E-state index in [1.54, 1.807) is 0 Å². The van der Waals surface area contributed by atoms with Gasteiger partial charge in [0.2, 0.25) is 0 Å². The summed E-state index contributed by atoms with van der Waals surface area (Å²) in [4.78, 5) is 2.22. The summed E-state index contributed by atoms with van der Waals surface area (Å²) in [5.74, 6) is -2.29. The van der Waals surface area contributed by atoms with Gasteiger partial charge >= 0.3 is 0 Å². The first-order valence-corrected chi connectivity index (χ1v) is 19.9. The van der Waals surface area contributed by atoms with Crippen LogP contribution in [0.15, 0.2) is 29.0 Å². The van der Waals surface area contributed by atoms with E-state index < -0.39 is 47.9 Å². The van der Waals surface area contributed by atoms with Crippen molar-refractivity contribution < 1.29 is 43.7 Å². The SMILES string of the molecule is CC1(C)O[C@H]2[C@H](O)[C@@H](NCCCCCCN([C@H]3C=C(I)[C@H]4OC(C)(C)O[C@H]4[C@@H]3O)[C@H]3C=C(I)[C@H]4OC(C)(C)O[C@H]4[C@@H]3O)C=C(I)[C@H]2O1. The lowest BCUT2D eigenvalue weighted by atomic mass is 9.87. The minimum atomic E-state index is -0.838. The van der Waals surface area contributed by atoms with Gasteiger partial charge in [-0.1, -0.05) is 31.1 Å². The Kier molecular flexibility index (Phi) is 11.6. The van der Waals surface area contributed by atoms with Crippen molar-refractivity contribution in [3.8, 4) is 0 Å². The first-order chi connectivity index (χ1) is 22.0. The van der Waals surface area contributed by atoms with Gasteiger partial charge in [0.1, 0.15) is 54.9 Å². The molecule has 3 saturated heterocycles. The molecule has 0 amide bonds. The number of rotatable bonds is 10. The van der Waals surface area contributed by atoms with Crippen molar-refractivity contribution in [2.75, 3.05) is 13.1 Å². The number of nitrogens with zero attached hydrogens (tertiary/aromatic N) is 1. The van der Waals surface area contributed by atoms with E-state index in [2.05, 4.69) is 96.2 Å². The summed E-state index contributed by atoms with van der Waals surface area (Å²) in [6, 6.07) is -0.953. The third kappa shape index (κ3) is 8.00. The molecule has 0 spiro atoms. The number of fused-ring (bicyclic) bond motifs is 3. The van der Waals surface area contributed by atoms with Gasteiger partial charge in [0.25, 0.3) is 0 Å². The number of ether oxygens (including phenoxy) is 6. The molecular formula is C33H49I3N2O9. The molecule has 266 valence electrons. The van der Waals surface area contributed by atoms with Gasteiger partial charge in [-0.15, -0.1) is 0 Å². The quantitative estimate of drug-likeness (QED) is 0.186. The van der Waals surface area contributed by atoms with Crippen LogP contribution in [0.25, 0.3) is 0 Å². The van der Waals surface area contributed by atoms with Crippen molar-refractivity contribution in [2.24, 2.45) is 0 Å². The van der Waals surface area contributed by atoms with E-state index in [9.17, 15) is 15.3 Å². The highest BCUT2D eigenvalue weighted by atomic mass is 127. The maximum Gasteiger partial charge on any atom is 0.164 e. The largest absolute Gasteiger partial charge is 0.388 e. The van der Waals surface area contributed by atoms with Crippen molar-refractivity contribution in [2.45, 2.75) is 158 Å². The second kappa shape index (κ2) is 14.4. The Bertz CT molecular complexity index is 1200. The summed E-state index contributed by atoms with van der Waals surface area (Å²) >= 11 is 6.89. The summed E-state index contributed by atoms with van der Waals surface area (Å²) in [7, 11) is 0. The van der Waals surface area contributed by atoms with Gasteiger partial charge in [-0.25, -0.2) is 0 Å². The predicted octanol–water partition coefficient (Wildman–Crippen LogP) is 4.18. The average molecular weight is 998 g/mol. The normalized spacial score (nSPS) is 43.2. The van der Waals surface area contributed by atoms with E-state index in [1.807, 2.05) is 41.5 Å². The maximum absolute atomic E-state index is 11.7. The molecule has 6 aliphatic rings. The average Bonchev–Trinajstić information content (AvgIpc) is 3.62. The van der Waals surface area contributed by atoms with E-state index in [-0.39, 0.29) is 42.5 Å². The van der Waals surface area contributed by atoms with Crippen LogP contribution in [0.1, 0.15) is 67.2 Å². The number of aliphatic hydroxyl groups is 3. The molecule has 0 aromatic rings. The standard InChI is InChI=1S/C33H49I3N2O9/c1-31(2)42-25-16(34)13-19(22(39)28(25)45-31)37-11-9-7-8-10-12-38(20-14-17(35)26-29(23(20)40)46-32(3,4)43-26)21-15-18(36)27-30(24(21)41)47-33(5,6)44-27/h13-15,19-30,37,39-41H,7-12H2,1-6H3/t19-,20-,21-,22+,23+,24+,25+,26+,27+,28-,29-,30-/m0/s1. The molecule has 0 bridgehead atoms. The van der Waals surface area contributed by atoms with E-state index in [4.69, 9.17) is 28.4 Å². The van der Waals surface area contributed by atoms with E-state index in [0.29, 0.717) is 6.54 Å². The molecule has 0 unspecified atom stereocenters. The maximum atomic E-state index is 11.7. The minimum Gasteiger partial charge on any atom is -0.388 e. The van der Waals surface area contributed by atoms with Gasteiger partial charge in [0, 0.05) is 10.7 Å². The molecule has 0 aromatic carbocycles. The lowest BCUT2D eigenvalue weighted by Crippen LogP contribution is -2.61. The predicted molar refractivity (Wildman–Crippen MR) is 200 cm³/mol. The monoisotopic (exact) mass is 998 g/mol. The molecule has 0 saturated carbocycles. The number of hydrogen-bond donors (Lipinski definition) is 4. The first-order valence-electron chi connectivity index (χ1n) is 16.7. The van der Waals surface area contributed by atoms with E-state index in [0.717, 1.165) is 43.0 Å². The summed E-state index contributed by atoms with van der Waals surface area (Å²) < 4.78 is 39.7. The van der Waals surface area contributed by atoms with Gasteiger partial charge in [0.15, 0.2) is 17.4 Å². The van der Waals surface area contributed by atoms with Crippen LogP contribution in [0.3, 0.4) is 0 Å². The fraction of sp³-hybridized carbons (Fsp3) is 0.818. The Morgan fingerprint density at radius 1 is 0.596 bits per heavy atom. The van der Waals surface area contributed by atoms with Crippen molar-refractivity contribution >= 4 is 67.8 Å². The van der Waals surface area contributed by atoms with E-state index in [1.165, 1.54) is 0 Å². The zero-order valence-corrected chi connectivity index (χ0v) is 34.2. The molecule has 3 aliphatic heterocycles. The van der Waals surface area contributed by atoms with Crippen LogP contribution >= 0.6 is 67.8 Å². The summed E-state index contributed by atoms with van der Waals surface area (Å²) in [5, 5.41) is 38.0. The second-order valence-corrected chi connectivity index (χ2v) is 18.5. The van der Waals surface area contributed by atoms with Gasteiger partial charge in [-0.05, 0) is 135 Å². The third-order valence-electron chi connectivity index (χ3n) is 9.77. The molecule has 3 aliphatic carbocycles. The third-order valence-corrected chi connectivity index (χ3v) is 12.7. The summed E-state index contributed by atoms with van der Waals surface area (Å²) in [5.41, 5.74) is 0. The number of hydrogen-bond acceptors (Lipinski definition) is 11. The fourth-order valence-electron chi connectivity index (χ4n) is 7.73. The highest BCUT2D eigenvalue weighted by molar-refractivity contribution is 14.1. The Labute approximate surface area is 318 Å². The van der Waals surface area contributed by atoms with Gasteiger partial charge in [0.05, 0.1) is 18.1 Å². The van der Waals surface area contributed by atoms with Crippen LogP contribution in [0.5, 0.6) is 0 Å². The van der Waals surface area contributed by atoms with Crippen LogP contribution in [-0.4, -0.2) is 124 Å². The van der Waals surface area contributed by atoms with Gasteiger partial charge < -0.3 is 49.1 Å². The van der Waals surface area contributed by atoms with Gasteiger partial charge in [-0.3, -0.25) is 4.90 Å². The Morgan fingerprint density at radius 3 is 1.47 bits per heavy atom. The minimum absolute atomic E-state index is 0.189. The van der Waals surface area contributed by atoms with Crippen molar-refractivity contribution in [1.82, 2.24) is 10.2 Å². The lowest BCUT2D eigenvalue weighted by molar-refractivity contribution is -0.162. The number of nitrogens with one attached hydrogen (secondary N) is 1. The highest BCUT2D eigenvalue weighted by Crippen LogP contribution is 2.45. The van der Waals surface area contributed by atoms with Crippen LogP contribution in [0, 0.1) is 0 Å². The molecule has 11 nitrogen and oxygen atoms in total. The lowest BCUT2D eigenvalue weighted by Gasteiger charge is -2.46. The Hall–Kier alpha value is 0.970. The van der Waals surface area contributed by atoms with Gasteiger partial charge in [-0.2, -0.15) is 0 Å². The highest BCUT2D eigenvalue weighted by Gasteiger charge is 2.55. The van der Waals surface area contributed by atoms with E-state index >= 15 is 0 Å². The molecule has 4 N–H and O–H groups in total. The molecule has 47 heavy (non-hydrogen) atoms. The Balaban J connectivity index is 1.08. The topological polar surface area (TPSA) is 131 Å². The molecule has 12 atom stereocenters. The van der Waals surface area contributed by atoms with Crippen LogP contribution in [0.4, 0.5) is 0 Å². The van der Waals surface area contributed by atoms with Crippen LogP contribution in [-0.2, 0) is 28.4 Å². The first kappa shape index (κ1) is 37.7. The van der Waals surface area contributed by atoms with Crippen molar-refractivity contribution in [1.29, 1.82) is 0 Å². The summed E-state index contributed by atoms with van der Waals surface area (Å²) in [6.07, 6.45) is 5.40. The zero-order chi connectivity index (χ0) is 34.1. The van der Waals surface area contributed by atoms with Crippen LogP contribution < -0.4 is 5.32 Å². The Morgan fingerprint density at radius 2 is 1.00 bits per heavy atom. The second-order valence-electron chi connectivity index (χ2n) is 14.8. The number of unbranched alkanes of at least 4 members (excludes halogenated alkanes) is 3. The van der Waals surface area contributed by atoms with Crippen LogP contribution in [0.2, 0.25) is 0 Å². The zero-order valence-electron chi connectivity index (χ0n) is 27.8. The fourth-order valence-corrected chi connectivity index (χ4v) is 10.3. The van der Waals surface area contributed by atoms with Crippen molar-refractivity contribution in [3.05, 3.63) is 29.0 Å². The molecule has 3 fully saturated rings. The number of aliphatic hydroxyl groups excluding tert-OH is 3. The van der Waals surface area contributed by atoms with Crippen molar-refractivity contribution in [3.63, 3.8) is 0 Å². The molecule has 6 rings (SSSR count). The summed E-state index contributed by atoms with van der Waals surface area (Å²) in [6.45, 7) is 12.7. The smallest absolute Gasteiger partial charge is 0.164 e. The molecule has 14 heteroatoms. The molecule has 0 radical (unpaired) electrons. The molecule has 3 heterocycles. The molecular weight excluding hydrogens is 949 g/mol. The molecule has 0 aromatic heterocycles. The number of halogens is 3.